The number of carbonyl (C=O) groups is 1. The van der Waals surface area contributed by atoms with Gasteiger partial charge in [-0.05, 0) is 0 Å². The molecule has 15 nitrogen and oxygen atoms in total. The van der Waals surface area contributed by atoms with E-state index in [1.54, 1.807) is 0 Å². The molecule has 0 spiro atoms. The normalized spacial score (nSPS) is 8.68. The lowest BCUT2D eigenvalue weighted by Crippen LogP contribution is -1.89. The Hall–Kier alpha value is -1.26. The van der Waals surface area contributed by atoms with Crippen LogP contribution in [-0.2, 0) is 15.0 Å². The Kier molecular flexibility index (Phi) is 23.9. The summed E-state index contributed by atoms with van der Waals surface area (Å²) in [5.74, 6) is 0. The lowest BCUT2D eigenvalue weighted by Gasteiger charge is -1.82. The van der Waals surface area contributed by atoms with Gasteiger partial charge in [0, 0.05) is 0 Å². The molecule has 18 heteroatoms. The monoisotopic (exact) mass is 356 g/mol. The van der Waals surface area contributed by atoms with E-state index in [-0.39, 0.29) is 12.4 Å². The van der Waals surface area contributed by atoms with Crippen molar-refractivity contribution in [3.8, 4) is 0 Å². The summed E-state index contributed by atoms with van der Waals surface area (Å²) in [6.07, 6.45) is -1.83. The molecule has 0 aromatic rings. The van der Waals surface area contributed by atoms with E-state index in [1.165, 1.54) is 0 Å². The Bertz CT molecular complexity index is 331. The Morgan fingerprint density at radius 1 is 1.05 bits per heavy atom. The minimum Gasteiger partial charge on any atom is -0.450 e. The van der Waals surface area contributed by atoms with Gasteiger partial charge in [0.2, 0.25) is 0 Å². The van der Waals surface area contributed by atoms with Gasteiger partial charge >= 0.3 is 24.4 Å². The van der Waals surface area contributed by atoms with Crippen LogP contribution in [0, 0.1) is 15.3 Å². The second kappa shape index (κ2) is 14.8. The zero-order chi connectivity index (χ0) is 16.2. The zero-order valence-corrected chi connectivity index (χ0v) is 10.7. The molecule has 0 rings (SSSR count). The molecule has 0 bridgehead atoms. The predicted molar refractivity (Wildman–Crippen MR) is 56.7 cm³/mol. The molecular weight excluding hydrogens is 348 g/mol. The van der Waals surface area contributed by atoms with Crippen LogP contribution in [-0.4, -0.2) is 53.7 Å². The summed E-state index contributed by atoms with van der Waals surface area (Å²) in [5.41, 5.74) is 0. The average molecular weight is 357 g/mol. The molecule has 0 heterocycles. The molecule has 0 amide bonds. The third kappa shape index (κ3) is 2290. The SMILES string of the molecule is Cl.O=C(O)O.O=P(O)(O)O.O=S(=O)(O)O.O=[N+]([O-])[O-]. The van der Waals surface area contributed by atoms with Crippen molar-refractivity contribution >= 4 is 36.8 Å². The highest BCUT2D eigenvalue weighted by Gasteiger charge is 2.00. The Morgan fingerprint density at radius 3 is 1.05 bits per heavy atom. The maximum atomic E-state index is 8.88. The summed E-state index contributed by atoms with van der Waals surface area (Å²) in [5, 5.41) is 28.7. The number of phosphoric acid groups is 1. The number of halogens is 1. The molecule has 0 aromatic carbocycles. The zero-order valence-electron chi connectivity index (χ0n) is 8.20. The summed E-state index contributed by atoms with van der Waals surface area (Å²) < 4.78 is 40.5. The highest BCUT2D eigenvalue weighted by atomic mass is 35.5. The summed E-state index contributed by atoms with van der Waals surface area (Å²) in [7, 11) is -9.31. The third-order valence-electron chi connectivity index (χ3n) is 0. The van der Waals surface area contributed by atoms with Crippen LogP contribution in [0.1, 0.15) is 0 Å². The van der Waals surface area contributed by atoms with E-state index in [0.717, 1.165) is 0 Å². The lowest BCUT2D eigenvalue weighted by molar-refractivity contribution is -0.402. The minimum atomic E-state index is -4.67. The molecule has 0 aliphatic rings. The first kappa shape index (κ1) is 30.6. The second-order valence-electron chi connectivity index (χ2n) is 1.47. The van der Waals surface area contributed by atoms with Crippen molar-refractivity contribution in [2.75, 3.05) is 0 Å². The van der Waals surface area contributed by atoms with Gasteiger partial charge in [-0.2, -0.15) is 8.42 Å². The highest BCUT2D eigenvalue weighted by molar-refractivity contribution is 7.79. The standard InChI is InChI=1S/CH2O3.ClH.NO3.H3O4P.H2O4S/c2-1(3)4;;2-1(3)4;2*1-5(2,3)4/h(H2,2,3,4);1H;;(H3,1,2,3,4);(H2,1,2,3,4)/q;;-1;;. The number of nitrogens with zero attached hydrogens (tertiary/aromatic N) is 1. The quantitative estimate of drug-likeness (QED) is 0.116. The van der Waals surface area contributed by atoms with E-state index in [9.17, 15) is 0 Å². The Labute approximate surface area is 110 Å². The van der Waals surface area contributed by atoms with E-state index in [0.29, 0.717) is 0 Å². The predicted octanol–water partition coefficient (Wildman–Crippen LogP) is -1.18. The van der Waals surface area contributed by atoms with Crippen LogP contribution < -0.4 is 0 Å². The number of hydrogen-bond donors (Lipinski definition) is 7. The van der Waals surface area contributed by atoms with Crippen LogP contribution in [0.5, 0.6) is 0 Å². The maximum absolute atomic E-state index is 8.88. The first-order chi connectivity index (χ1) is 7.46. The van der Waals surface area contributed by atoms with Gasteiger partial charge < -0.3 is 40.2 Å². The van der Waals surface area contributed by atoms with E-state index in [2.05, 4.69) is 0 Å². The molecule has 0 saturated heterocycles. The van der Waals surface area contributed by atoms with Crippen molar-refractivity contribution in [3.63, 3.8) is 0 Å². The molecule has 120 valence electrons. The van der Waals surface area contributed by atoms with Crippen molar-refractivity contribution in [2.45, 2.75) is 0 Å². The fraction of sp³-hybridized carbons (Fsp3) is 0. The van der Waals surface area contributed by atoms with E-state index in [1.807, 2.05) is 0 Å². The lowest BCUT2D eigenvalue weighted by atomic mass is 11.5. The Morgan fingerprint density at radius 2 is 1.05 bits per heavy atom. The van der Waals surface area contributed by atoms with Gasteiger partial charge in [0.1, 0.15) is 0 Å². The first-order valence-electron chi connectivity index (χ1n) is 2.68. The fourth-order valence-electron chi connectivity index (χ4n) is 0. The number of carboxylic acid groups (broad SMARTS) is 2. The summed E-state index contributed by atoms with van der Waals surface area (Å²) in [4.78, 5) is 38.4. The van der Waals surface area contributed by atoms with Gasteiger partial charge in [0.05, 0.1) is 5.09 Å². The molecule has 0 aliphatic heterocycles. The smallest absolute Gasteiger partial charge is 0.450 e. The molecular formula is CH8ClNO14PS-. The molecule has 0 radical (unpaired) electrons. The molecule has 7 N–H and O–H groups in total. The largest absolute Gasteiger partial charge is 0.503 e. The van der Waals surface area contributed by atoms with E-state index >= 15 is 0 Å². The van der Waals surface area contributed by atoms with E-state index < -0.39 is 29.5 Å². The van der Waals surface area contributed by atoms with Crippen LogP contribution in [0.2, 0.25) is 0 Å². The molecule has 0 saturated carbocycles. The molecule has 0 unspecified atom stereocenters. The van der Waals surface area contributed by atoms with Crippen molar-refractivity contribution < 1.29 is 56.9 Å². The number of hydrogen-bond acceptors (Lipinski definition) is 7. The van der Waals surface area contributed by atoms with Gasteiger partial charge in [0.25, 0.3) is 0 Å². The van der Waals surface area contributed by atoms with Gasteiger partial charge in [-0.15, -0.1) is 12.4 Å². The summed E-state index contributed by atoms with van der Waals surface area (Å²) >= 11 is 0. The second-order valence-corrected chi connectivity index (χ2v) is 3.39. The van der Waals surface area contributed by atoms with Crippen molar-refractivity contribution in [1.29, 1.82) is 0 Å². The van der Waals surface area contributed by atoms with Crippen molar-refractivity contribution in [2.24, 2.45) is 0 Å². The fourth-order valence-corrected chi connectivity index (χ4v) is 0. The summed E-state index contributed by atoms with van der Waals surface area (Å²) in [6, 6.07) is 0. The van der Waals surface area contributed by atoms with Gasteiger partial charge in [-0.3, -0.25) is 9.11 Å². The first-order valence-corrected chi connectivity index (χ1v) is 5.64. The van der Waals surface area contributed by atoms with Crippen molar-refractivity contribution in [1.82, 2.24) is 0 Å². The number of rotatable bonds is 0. The van der Waals surface area contributed by atoms with Gasteiger partial charge in [-0.25, -0.2) is 9.36 Å². The molecule has 0 aliphatic carbocycles. The minimum absolute atomic E-state index is 0. The highest BCUT2D eigenvalue weighted by Crippen LogP contribution is 2.25. The molecule has 0 fully saturated rings. The molecule has 19 heavy (non-hydrogen) atoms. The van der Waals surface area contributed by atoms with Crippen molar-refractivity contribution in [3.05, 3.63) is 15.3 Å². The van der Waals surface area contributed by atoms with Crippen LogP contribution in [0.15, 0.2) is 0 Å². The summed E-state index contributed by atoms with van der Waals surface area (Å²) in [6.45, 7) is 0. The van der Waals surface area contributed by atoms with Gasteiger partial charge in [-0.1, -0.05) is 0 Å². The van der Waals surface area contributed by atoms with Crippen LogP contribution in [0.3, 0.4) is 0 Å². The average Bonchev–Trinajstić information content (AvgIpc) is 1.70. The topological polar surface area (TPSA) is 276 Å². The van der Waals surface area contributed by atoms with Crippen LogP contribution in [0.4, 0.5) is 4.79 Å². The van der Waals surface area contributed by atoms with Gasteiger partial charge in [0.15, 0.2) is 0 Å². The van der Waals surface area contributed by atoms with E-state index in [4.69, 9.17) is 67.1 Å². The Balaban J connectivity index is -0.0000000453. The molecule has 0 aromatic heterocycles. The molecule has 0 atom stereocenters. The van der Waals surface area contributed by atoms with Crippen LogP contribution >= 0.6 is 20.2 Å². The maximum Gasteiger partial charge on any atom is 0.503 e. The van der Waals surface area contributed by atoms with Crippen LogP contribution in [0.25, 0.3) is 0 Å². The third-order valence-corrected chi connectivity index (χ3v) is 0.